The van der Waals surface area contributed by atoms with E-state index < -0.39 is 35.1 Å². The normalized spacial score (nSPS) is 17.9. The van der Waals surface area contributed by atoms with Crippen LogP contribution in [0, 0.1) is 18.6 Å². The Morgan fingerprint density at radius 2 is 1.61 bits per heavy atom. The SMILES string of the molecule is Cc1cc(/C(O)=C2/C(=O)C(=O)N(c3ccc(F)cc3)C2c2ccc(Cl)cc2)ccc1F. The summed E-state index contributed by atoms with van der Waals surface area (Å²) in [7, 11) is 0. The van der Waals surface area contributed by atoms with Gasteiger partial charge in [0.15, 0.2) is 0 Å². The number of ketones is 1. The fourth-order valence-corrected chi connectivity index (χ4v) is 3.73. The molecule has 1 amide bonds. The standard InChI is InChI=1S/C24H16ClF2NO3/c1-13-12-15(4-11-19(13)27)22(29)20-21(14-2-5-16(25)6-3-14)28(24(31)23(20)30)18-9-7-17(26)8-10-18/h2-12,21,29H,1H3/b22-20-. The van der Waals surface area contributed by atoms with Crippen LogP contribution in [-0.2, 0) is 9.59 Å². The first kappa shape index (κ1) is 20.8. The summed E-state index contributed by atoms with van der Waals surface area (Å²) in [5, 5.41) is 11.4. The number of aliphatic hydroxyl groups excluding tert-OH is 1. The summed E-state index contributed by atoms with van der Waals surface area (Å²) in [6, 6.07) is 14.5. The molecule has 156 valence electrons. The Balaban J connectivity index is 1.94. The van der Waals surface area contributed by atoms with E-state index in [0.29, 0.717) is 10.6 Å². The van der Waals surface area contributed by atoms with Crippen LogP contribution in [0.4, 0.5) is 14.5 Å². The van der Waals surface area contributed by atoms with Gasteiger partial charge in [-0.1, -0.05) is 23.7 Å². The molecule has 7 heteroatoms. The first-order valence-corrected chi connectivity index (χ1v) is 9.74. The molecule has 0 saturated carbocycles. The second kappa shape index (κ2) is 7.96. The topological polar surface area (TPSA) is 57.6 Å². The number of halogens is 3. The van der Waals surface area contributed by atoms with Gasteiger partial charge in [-0.05, 0) is 72.6 Å². The Morgan fingerprint density at radius 3 is 2.23 bits per heavy atom. The molecule has 1 saturated heterocycles. The lowest BCUT2D eigenvalue weighted by Gasteiger charge is -2.25. The summed E-state index contributed by atoms with van der Waals surface area (Å²) in [6.07, 6.45) is 0. The van der Waals surface area contributed by atoms with Gasteiger partial charge < -0.3 is 5.11 Å². The third-order valence-corrected chi connectivity index (χ3v) is 5.42. The number of carbonyl (C=O) groups is 2. The van der Waals surface area contributed by atoms with Crippen LogP contribution in [0.5, 0.6) is 0 Å². The second-order valence-corrected chi connectivity index (χ2v) is 7.60. The zero-order valence-electron chi connectivity index (χ0n) is 16.3. The van der Waals surface area contributed by atoms with Crippen LogP contribution in [0.1, 0.15) is 22.7 Å². The first-order valence-electron chi connectivity index (χ1n) is 9.36. The Bertz CT molecular complexity index is 1220. The van der Waals surface area contributed by atoms with E-state index in [0.717, 1.165) is 0 Å². The van der Waals surface area contributed by atoms with Gasteiger partial charge >= 0.3 is 0 Å². The van der Waals surface area contributed by atoms with Crippen LogP contribution >= 0.6 is 11.6 Å². The van der Waals surface area contributed by atoms with E-state index in [2.05, 4.69) is 0 Å². The summed E-state index contributed by atoms with van der Waals surface area (Å²) in [5.74, 6) is -3.15. The number of aliphatic hydroxyl groups is 1. The van der Waals surface area contributed by atoms with Gasteiger partial charge in [0.05, 0.1) is 11.6 Å². The zero-order chi connectivity index (χ0) is 22.3. The number of hydrogen-bond acceptors (Lipinski definition) is 3. The van der Waals surface area contributed by atoms with E-state index in [1.807, 2.05) is 0 Å². The molecule has 1 aliphatic rings. The molecule has 1 atom stereocenters. The van der Waals surface area contributed by atoms with Crippen molar-refractivity contribution in [2.75, 3.05) is 4.90 Å². The van der Waals surface area contributed by atoms with Gasteiger partial charge in [-0.3, -0.25) is 14.5 Å². The van der Waals surface area contributed by atoms with Gasteiger partial charge in [0, 0.05) is 16.3 Å². The Labute approximate surface area is 182 Å². The maximum absolute atomic E-state index is 13.7. The highest BCUT2D eigenvalue weighted by molar-refractivity contribution is 6.51. The number of carbonyl (C=O) groups excluding carboxylic acids is 2. The third kappa shape index (κ3) is 3.70. The van der Waals surface area contributed by atoms with Gasteiger partial charge in [-0.2, -0.15) is 0 Å². The van der Waals surface area contributed by atoms with Gasteiger partial charge in [0.2, 0.25) is 0 Å². The Kier molecular flexibility index (Phi) is 5.33. The van der Waals surface area contributed by atoms with E-state index in [9.17, 15) is 23.5 Å². The molecule has 1 N–H and O–H groups in total. The third-order valence-electron chi connectivity index (χ3n) is 5.17. The summed E-state index contributed by atoms with van der Waals surface area (Å²) in [6.45, 7) is 1.53. The van der Waals surface area contributed by atoms with Crippen LogP contribution in [-0.4, -0.2) is 16.8 Å². The number of benzene rings is 3. The molecule has 0 aromatic heterocycles. The predicted molar refractivity (Wildman–Crippen MR) is 114 cm³/mol. The lowest BCUT2D eigenvalue weighted by molar-refractivity contribution is -0.132. The van der Waals surface area contributed by atoms with E-state index in [1.165, 1.54) is 54.3 Å². The molecule has 31 heavy (non-hydrogen) atoms. The predicted octanol–water partition coefficient (Wildman–Crippen LogP) is 5.55. The number of Topliss-reactive ketones (excluding diaryl/α,β-unsaturated/α-hetero) is 1. The largest absolute Gasteiger partial charge is 0.507 e. The lowest BCUT2D eigenvalue weighted by Crippen LogP contribution is -2.29. The highest BCUT2D eigenvalue weighted by Gasteiger charge is 2.47. The lowest BCUT2D eigenvalue weighted by atomic mass is 9.94. The molecule has 0 bridgehead atoms. The van der Waals surface area contributed by atoms with Crippen molar-refractivity contribution in [3.63, 3.8) is 0 Å². The minimum Gasteiger partial charge on any atom is -0.507 e. The average Bonchev–Trinajstić information content (AvgIpc) is 3.01. The molecular formula is C24H16ClF2NO3. The highest BCUT2D eigenvalue weighted by atomic mass is 35.5. The van der Waals surface area contributed by atoms with Crippen molar-refractivity contribution >= 4 is 34.7 Å². The average molecular weight is 440 g/mol. The van der Waals surface area contributed by atoms with Crippen molar-refractivity contribution in [1.29, 1.82) is 0 Å². The molecular weight excluding hydrogens is 424 g/mol. The van der Waals surface area contributed by atoms with Crippen LogP contribution in [0.3, 0.4) is 0 Å². The molecule has 4 rings (SSSR count). The van der Waals surface area contributed by atoms with Crippen LogP contribution in [0.25, 0.3) is 5.76 Å². The van der Waals surface area contributed by atoms with Crippen molar-refractivity contribution in [2.24, 2.45) is 0 Å². The summed E-state index contributed by atoms with van der Waals surface area (Å²) in [5.41, 5.74) is 1.14. The molecule has 0 radical (unpaired) electrons. The van der Waals surface area contributed by atoms with Gasteiger partial charge in [-0.15, -0.1) is 0 Å². The molecule has 1 aliphatic heterocycles. The first-order chi connectivity index (χ1) is 14.8. The fraction of sp³-hybridized carbons (Fsp3) is 0.0833. The maximum Gasteiger partial charge on any atom is 0.300 e. The fourth-order valence-electron chi connectivity index (χ4n) is 3.61. The smallest absolute Gasteiger partial charge is 0.300 e. The summed E-state index contributed by atoms with van der Waals surface area (Å²) >= 11 is 5.99. The molecule has 3 aromatic rings. The van der Waals surface area contributed by atoms with Crippen molar-refractivity contribution in [3.8, 4) is 0 Å². The van der Waals surface area contributed by atoms with Crippen molar-refractivity contribution < 1.29 is 23.5 Å². The Morgan fingerprint density at radius 1 is 0.968 bits per heavy atom. The van der Waals surface area contributed by atoms with E-state index in [1.54, 1.807) is 24.3 Å². The zero-order valence-corrected chi connectivity index (χ0v) is 17.0. The van der Waals surface area contributed by atoms with E-state index in [4.69, 9.17) is 11.6 Å². The molecule has 0 spiro atoms. The molecule has 0 aliphatic carbocycles. The number of amides is 1. The molecule has 1 fully saturated rings. The van der Waals surface area contributed by atoms with Crippen LogP contribution in [0.15, 0.2) is 72.3 Å². The Hall–Kier alpha value is -3.51. The van der Waals surface area contributed by atoms with Crippen molar-refractivity contribution in [1.82, 2.24) is 0 Å². The molecule has 1 heterocycles. The van der Waals surface area contributed by atoms with E-state index >= 15 is 0 Å². The van der Waals surface area contributed by atoms with Gasteiger partial charge in [-0.25, -0.2) is 8.78 Å². The van der Waals surface area contributed by atoms with Crippen molar-refractivity contribution in [3.05, 3.63) is 106 Å². The minimum absolute atomic E-state index is 0.150. The number of nitrogens with zero attached hydrogens (tertiary/aromatic N) is 1. The number of hydrogen-bond donors (Lipinski definition) is 1. The summed E-state index contributed by atoms with van der Waals surface area (Å²) in [4.78, 5) is 27.2. The van der Waals surface area contributed by atoms with Crippen molar-refractivity contribution in [2.45, 2.75) is 13.0 Å². The van der Waals surface area contributed by atoms with Gasteiger partial charge in [0.1, 0.15) is 17.4 Å². The van der Waals surface area contributed by atoms with Gasteiger partial charge in [0.25, 0.3) is 11.7 Å². The number of aryl methyl sites for hydroxylation is 1. The highest BCUT2D eigenvalue weighted by Crippen LogP contribution is 2.42. The number of rotatable bonds is 3. The quantitative estimate of drug-likeness (QED) is 0.330. The number of anilines is 1. The molecule has 3 aromatic carbocycles. The van der Waals surface area contributed by atoms with Crippen LogP contribution < -0.4 is 4.90 Å². The molecule has 1 unspecified atom stereocenters. The van der Waals surface area contributed by atoms with E-state index in [-0.39, 0.29) is 22.4 Å². The summed E-state index contributed by atoms with van der Waals surface area (Å²) < 4.78 is 27.1. The monoisotopic (exact) mass is 439 g/mol. The second-order valence-electron chi connectivity index (χ2n) is 7.16. The van der Waals surface area contributed by atoms with Crippen LogP contribution in [0.2, 0.25) is 5.02 Å². The minimum atomic E-state index is -0.979. The molecule has 4 nitrogen and oxygen atoms in total. The maximum atomic E-state index is 13.7.